The van der Waals surface area contributed by atoms with Crippen LogP contribution in [-0.2, 0) is 11.3 Å². The number of ether oxygens (including phenoxy) is 2. The van der Waals surface area contributed by atoms with Gasteiger partial charge < -0.3 is 14.8 Å². The second kappa shape index (κ2) is 6.70. The smallest absolute Gasteiger partial charge is 0.239 e. The average Bonchev–Trinajstić information content (AvgIpc) is 2.40. The van der Waals surface area contributed by atoms with Crippen LogP contribution >= 0.6 is 0 Å². The van der Waals surface area contributed by atoms with Crippen LogP contribution < -0.4 is 10.1 Å². The van der Waals surface area contributed by atoms with Crippen LogP contribution in [0.4, 0.5) is 5.82 Å². The number of nitrogens with one attached hydrogen (secondary N) is 1. The van der Waals surface area contributed by atoms with Crippen LogP contribution in [-0.4, -0.2) is 23.6 Å². The van der Waals surface area contributed by atoms with Gasteiger partial charge in [-0.05, 0) is 24.6 Å². The number of hydrogen-bond donors (Lipinski definition) is 1. The number of nitrogens with zero attached hydrogens (tertiary/aromatic N) is 2. The van der Waals surface area contributed by atoms with Gasteiger partial charge in [0.15, 0.2) is 0 Å². The molecular formula is C14H17N3O2. The van der Waals surface area contributed by atoms with Gasteiger partial charge in [-0.2, -0.15) is 4.98 Å². The minimum atomic E-state index is 0.466. The lowest BCUT2D eigenvalue weighted by Gasteiger charge is -2.08. The van der Waals surface area contributed by atoms with E-state index in [0.717, 1.165) is 17.9 Å². The molecule has 19 heavy (non-hydrogen) atoms. The van der Waals surface area contributed by atoms with Gasteiger partial charge in [0.25, 0.3) is 0 Å². The monoisotopic (exact) mass is 259 g/mol. The maximum Gasteiger partial charge on any atom is 0.239 e. The van der Waals surface area contributed by atoms with Gasteiger partial charge in [-0.15, -0.1) is 0 Å². The molecule has 0 aliphatic heterocycles. The summed E-state index contributed by atoms with van der Waals surface area (Å²) in [7, 11) is 1.67. The predicted molar refractivity (Wildman–Crippen MR) is 73.4 cm³/mol. The van der Waals surface area contributed by atoms with Crippen LogP contribution in [0, 0.1) is 0 Å². The summed E-state index contributed by atoms with van der Waals surface area (Å²) in [5.41, 5.74) is 1.05. The molecule has 2 rings (SSSR count). The molecule has 0 aliphatic rings. The highest BCUT2D eigenvalue weighted by atomic mass is 16.5. The largest absolute Gasteiger partial charge is 0.437 e. The zero-order valence-electron chi connectivity index (χ0n) is 11.1. The molecule has 0 spiro atoms. The first-order valence-corrected chi connectivity index (χ1v) is 6.13. The van der Waals surface area contributed by atoms with Crippen molar-refractivity contribution in [2.24, 2.45) is 0 Å². The third kappa shape index (κ3) is 3.93. The summed E-state index contributed by atoms with van der Waals surface area (Å²) >= 11 is 0. The Morgan fingerprint density at radius 2 is 2.16 bits per heavy atom. The van der Waals surface area contributed by atoms with Crippen molar-refractivity contribution in [3.8, 4) is 11.6 Å². The van der Waals surface area contributed by atoms with Crippen LogP contribution in [0.1, 0.15) is 12.5 Å². The Hall–Kier alpha value is -2.14. The first kappa shape index (κ1) is 13.3. The summed E-state index contributed by atoms with van der Waals surface area (Å²) in [6.07, 6.45) is 3.25. The Balaban J connectivity index is 2.11. The highest BCUT2D eigenvalue weighted by molar-refractivity contribution is 5.35. The summed E-state index contributed by atoms with van der Waals surface area (Å²) in [4.78, 5) is 8.39. The quantitative estimate of drug-likeness (QED) is 0.864. The molecule has 0 aliphatic carbocycles. The molecule has 0 atom stereocenters. The van der Waals surface area contributed by atoms with Gasteiger partial charge in [-0.25, -0.2) is 0 Å². The number of methoxy groups -OCH3 is 1. The fourth-order valence-electron chi connectivity index (χ4n) is 1.65. The second-order valence-electron chi connectivity index (χ2n) is 3.96. The zero-order chi connectivity index (χ0) is 13.5. The Morgan fingerprint density at radius 1 is 1.26 bits per heavy atom. The molecule has 5 heteroatoms. The van der Waals surface area contributed by atoms with Gasteiger partial charge in [0, 0.05) is 13.7 Å². The van der Waals surface area contributed by atoms with E-state index >= 15 is 0 Å². The molecule has 5 nitrogen and oxygen atoms in total. The Labute approximate surface area is 112 Å². The predicted octanol–water partition coefficient (Wildman–Crippen LogP) is 2.85. The molecule has 1 aromatic carbocycles. The number of aromatic nitrogens is 2. The van der Waals surface area contributed by atoms with E-state index in [0.29, 0.717) is 18.3 Å². The van der Waals surface area contributed by atoms with Gasteiger partial charge in [-0.1, -0.05) is 12.1 Å². The van der Waals surface area contributed by atoms with Gasteiger partial charge in [0.1, 0.15) is 11.6 Å². The van der Waals surface area contributed by atoms with Crippen LogP contribution in [0.3, 0.4) is 0 Å². The molecule has 0 fully saturated rings. The lowest BCUT2D eigenvalue weighted by atomic mass is 10.2. The number of anilines is 1. The molecule has 1 aromatic heterocycles. The zero-order valence-corrected chi connectivity index (χ0v) is 11.1. The maximum atomic E-state index is 5.68. The first-order chi connectivity index (χ1) is 9.31. The lowest BCUT2D eigenvalue weighted by Crippen LogP contribution is -2.00. The van der Waals surface area contributed by atoms with Gasteiger partial charge >= 0.3 is 0 Å². The minimum absolute atomic E-state index is 0.466. The molecule has 100 valence electrons. The van der Waals surface area contributed by atoms with Gasteiger partial charge in [-0.3, -0.25) is 4.98 Å². The van der Waals surface area contributed by atoms with Crippen molar-refractivity contribution in [1.29, 1.82) is 0 Å². The molecule has 0 saturated heterocycles. The highest BCUT2D eigenvalue weighted by Crippen LogP contribution is 2.21. The number of benzene rings is 1. The van der Waals surface area contributed by atoms with Crippen molar-refractivity contribution < 1.29 is 9.47 Å². The highest BCUT2D eigenvalue weighted by Gasteiger charge is 2.02. The maximum absolute atomic E-state index is 5.68. The lowest BCUT2D eigenvalue weighted by molar-refractivity contribution is 0.184. The van der Waals surface area contributed by atoms with Gasteiger partial charge in [0.2, 0.25) is 5.88 Å². The minimum Gasteiger partial charge on any atom is -0.437 e. The van der Waals surface area contributed by atoms with E-state index in [1.54, 1.807) is 19.5 Å². The normalized spacial score (nSPS) is 10.2. The molecule has 1 heterocycles. The third-order valence-corrected chi connectivity index (χ3v) is 2.40. The van der Waals surface area contributed by atoms with Gasteiger partial charge in [0.05, 0.1) is 19.0 Å². The fourth-order valence-corrected chi connectivity index (χ4v) is 1.65. The summed E-state index contributed by atoms with van der Waals surface area (Å²) in [5, 5.41) is 3.09. The van der Waals surface area contributed by atoms with Crippen molar-refractivity contribution >= 4 is 5.82 Å². The third-order valence-electron chi connectivity index (χ3n) is 2.40. The van der Waals surface area contributed by atoms with E-state index in [1.165, 1.54) is 0 Å². The molecule has 0 bridgehead atoms. The molecule has 0 saturated carbocycles. The van der Waals surface area contributed by atoms with E-state index in [9.17, 15) is 0 Å². The Kier molecular flexibility index (Phi) is 4.69. The molecule has 1 N–H and O–H groups in total. The topological polar surface area (TPSA) is 56.3 Å². The van der Waals surface area contributed by atoms with Crippen molar-refractivity contribution in [3.05, 3.63) is 42.2 Å². The van der Waals surface area contributed by atoms with Crippen LogP contribution in [0.25, 0.3) is 0 Å². The average molecular weight is 259 g/mol. The summed E-state index contributed by atoms with van der Waals surface area (Å²) < 4.78 is 10.8. The fraction of sp³-hybridized carbons (Fsp3) is 0.286. The van der Waals surface area contributed by atoms with E-state index < -0.39 is 0 Å². The van der Waals surface area contributed by atoms with E-state index in [4.69, 9.17) is 9.47 Å². The molecular weight excluding hydrogens is 242 g/mol. The SMILES string of the molecule is CCNc1cncc(Oc2cccc(COC)c2)n1. The Bertz CT molecular complexity index is 484. The van der Waals surface area contributed by atoms with Crippen LogP contribution in [0.15, 0.2) is 36.7 Å². The second-order valence-corrected chi connectivity index (χ2v) is 3.96. The number of rotatable bonds is 6. The Morgan fingerprint density at radius 3 is 2.95 bits per heavy atom. The summed E-state index contributed by atoms with van der Waals surface area (Å²) in [6.45, 7) is 3.35. The van der Waals surface area contributed by atoms with Crippen molar-refractivity contribution in [2.45, 2.75) is 13.5 Å². The van der Waals surface area contributed by atoms with E-state index in [-0.39, 0.29) is 0 Å². The molecule has 0 radical (unpaired) electrons. The summed E-state index contributed by atoms with van der Waals surface area (Å²) in [5.74, 6) is 1.89. The molecule has 2 aromatic rings. The van der Waals surface area contributed by atoms with Crippen LogP contribution in [0.2, 0.25) is 0 Å². The number of hydrogen-bond acceptors (Lipinski definition) is 5. The van der Waals surface area contributed by atoms with Crippen molar-refractivity contribution in [3.63, 3.8) is 0 Å². The van der Waals surface area contributed by atoms with Crippen molar-refractivity contribution in [1.82, 2.24) is 9.97 Å². The molecule has 0 amide bonds. The molecule has 0 unspecified atom stereocenters. The first-order valence-electron chi connectivity index (χ1n) is 6.13. The van der Waals surface area contributed by atoms with Crippen LogP contribution in [0.5, 0.6) is 11.6 Å². The van der Waals surface area contributed by atoms with E-state index in [2.05, 4.69) is 15.3 Å². The van der Waals surface area contributed by atoms with Crippen molar-refractivity contribution in [2.75, 3.05) is 19.0 Å². The van der Waals surface area contributed by atoms with E-state index in [1.807, 2.05) is 31.2 Å². The summed E-state index contributed by atoms with van der Waals surface area (Å²) in [6, 6.07) is 7.70. The standard InChI is InChI=1S/C14H17N3O2/c1-3-16-13-8-15-9-14(17-13)19-12-6-4-5-11(7-12)10-18-2/h4-9H,3,10H2,1-2H3,(H,16,17).